The van der Waals surface area contributed by atoms with Gasteiger partial charge in [-0.15, -0.1) is 0 Å². The van der Waals surface area contributed by atoms with Gasteiger partial charge in [-0.25, -0.2) is 14.4 Å². The molecule has 1 saturated heterocycles. The van der Waals surface area contributed by atoms with Crippen LogP contribution in [0, 0.1) is 0 Å². The van der Waals surface area contributed by atoms with Gasteiger partial charge in [0.2, 0.25) is 0 Å². The number of carbonyl (C=O) groups is 3. The predicted octanol–water partition coefficient (Wildman–Crippen LogP) is 5.70. The number of carbonyl (C=O) groups excluding carboxylic acids is 3. The van der Waals surface area contributed by atoms with Gasteiger partial charge in [0.1, 0.15) is 12.2 Å². The fourth-order valence-corrected chi connectivity index (χ4v) is 4.23. The average Bonchev–Trinajstić information content (AvgIpc) is 2.86. The van der Waals surface area contributed by atoms with E-state index in [9.17, 15) is 14.4 Å². The van der Waals surface area contributed by atoms with Crippen molar-refractivity contribution in [2.45, 2.75) is 64.9 Å². The summed E-state index contributed by atoms with van der Waals surface area (Å²) >= 11 is 0. The van der Waals surface area contributed by atoms with E-state index in [4.69, 9.17) is 18.9 Å². The Morgan fingerprint density at radius 1 is 1.08 bits per heavy atom. The van der Waals surface area contributed by atoms with Gasteiger partial charge in [0.05, 0.1) is 30.5 Å². The van der Waals surface area contributed by atoms with Crippen LogP contribution < -0.4 is 5.32 Å². The number of likely N-dealkylation sites (tertiary alicyclic amines) is 1. The zero-order chi connectivity index (χ0) is 27.0. The summed E-state index contributed by atoms with van der Waals surface area (Å²) in [5.74, 6) is -0.604. The van der Waals surface area contributed by atoms with E-state index in [1.165, 1.54) is 7.11 Å². The summed E-state index contributed by atoms with van der Waals surface area (Å²) in [6.07, 6.45) is 0.0224. The van der Waals surface area contributed by atoms with E-state index in [0.29, 0.717) is 26.0 Å². The standard InChI is InChI=1S/C28H36N2O7/c1-6-35-21-14-15-30(27(33)36-18-19-10-8-7-9-11-19)24(17-21)20-12-13-22(25(31)34-5)23(16-20)29-26(32)37-28(2,3)4/h7-13,16,21,24H,6,14-15,17-18H2,1-5H3,(H,29,32). The van der Waals surface area contributed by atoms with Crippen LogP contribution in [0.15, 0.2) is 48.5 Å². The molecule has 2 aromatic rings. The van der Waals surface area contributed by atoms with Gasteiger partial charge in [0.15, 0.2) is 0 Å². The molecule has 1 aliphatic rings. The molecular weight excluding hydrogens is 476 g/mol. The Hall–Kier alpha value is -3.59. The normalized spacial score (nSPS) is 17.6. The van der Waals surface area contributed by atoms with Crippen molar-refractivity contribution in [3.05, 3.63) is 65.2 Å². The van der Waals surface area contributed by atoms with Gasteiger partial charge in [-0.1, -0.05) is 36.4 Å². The quantitative estimate of drug-likeness (QED) is 0.375. The number of benzene rings is 2. The highest BCUT2D eigenvalue weighted by atomic mass is 16.6. The zero-order valence-corrected chi connectivity index (χ0v) is 22.1. The second-order valence-electron chi connectivity index (χ2n) is 9.77. The zero-order valence-electron chi connectivity index (χ0n) is 22.1. The van der Waals surface area contributed by atoms with Crippen molar-refractivity contribution >= 4 is 23.8 Å². The predicted molar refractivity (Wildman–Crippen MR) is 138 cm³/mol. The summed E-state index contributed by atoms with van der Waals surface area (Å²) in [6.45, 7) is 8.34. The number of methoxy groups -OCH3 is 1. The SMILES string of the molecule is CCOC1CCN(C(=O)OCc2ccccc2)C(c2ccc(C(=O)OC)c(NC(=O)OC(C)(C)C)c2)C1. The van der Waals surface area contributed by atoms with E-state index in [2.05, 4.69) is 5.32 Å². The Balaban J connectivity index is 1.89. The van der Waals surface area contributed by atoms with E-state index in [1.807, 2.05) is 37.3 Å². The van der Waals surface area contributed by atoms with Gasteiger partial charge in [-0.3, -0.25) is 5.32 Å². The van der Waals surface area contributed by atoms with Crippen molar-refractivity contribution in [1.29, 1.82) is 0 Å². The second-order valence-corrected chi connectivity index (χ2v) is 9.77. The van der Waals surface area contributed by atoms with Gasteiger partial charge in [-0.2, -0.15) is 0 Å². The van der Waals surface area contributed by atoms with E-state index in [1.54, 1.807) is 43.9 Å². The monoisotopic (exact) mass is 512 g/mol. The molecule has 0 spiro atoms. The van der Waals surface area contributed by atoms with Crippen LogP contribution in [-0.4, -0.2) is 55.0 Å². The van der Waals surface area contributed by atoms with Gasteiger partial charge < -0.3 is 23.8 Å². The maximum Gasteiger partial charge on any atom is 0.412 e. The smallest absolute Gasteiger partial charge is 0.412 e. The highest BCUT2D eigenvalue weighted by Gasteiger charge is 2.35. The van der Waals surface area contributed by atoms with Gasteiger partial charge in [-0.05, 0) is 63.8 Å². The molecule has 2 atom stereocenters. The topological polar surface area (TPSA) is 103 Å². The molecule has 9 nitrogen and oxygen atoms in total. The third kappa shape index (κ3) is 7.95. The summed E-state index contributed by atoms with van der Waals surface area (Å²) < 4.78 is 21.8. The summed E-state index contributed by atoms with van der Waals surface area (Å²) in [5.41, 5.74) is 1.30. The van der Waals surface area contributed by atoms with Crippen LogP contribution in [0.1, 0.15) is 68.1 Å². The molecule has 1 N–H and O–H groups in total. The Morgan fingerprint density at radius 3 is 2.46 bits per heavy atom. The molecule has 3 rings (SSSR count). The first-order valence-electron chi connectivity index (χ1n) is 12.4. The molecule has 1 aliphatic heterocycles. The molecule has 1 heterocycles. The molecule has 9 heteroatoms. The van der Waals surface area contributed by atoms with Crippen LogP contribution in [0.25, 0.3) is 0 Å². The lowest BCUT2D eigenvalue weighted by Crippen LogP contribution is -2.43. The lowest BCUT2D eigenvalue weighted by atomic mass is 9.92. The molecule has 200 valence electrons. The number of hydrogen-bond donors (Lipinski definition) is 1. The van der Waals surface area contributed by atoms with Gasteiger partial charge >= 0.3 is 18.2 Å². The Kier molecular flexibility index (Phi) is 9.52. The minimum atomic E-state index is -0.722. The summed E-state index contributed by atoms with van der Waals surface area (Å²) in [7, 11) is 1.27. The lowest BCUT2D eigenvalue weighted by molar-refractivity contribution is -0.0125. The first-order valence-corrected chi connectivity index (χ1v) is 12.4. The van der Waals surface area contributed by atoms with Crippen LogP contribution in [0.2, 0.25) is 0 Å². The van der Waals surface area contributed by atoms with Crippen molar-refractivity contribution in [3.8, 4) is 0 Å². The van der Waals surface area contributed by atoms with Crippen molar-refractivity contribution in [1.82, 2.24) is 4.90 Å². The van der Waals surface area contributed by atoms with E-state index < -0.39 is 23.8 Å². The van der Waals surface area contributed by atoms with E-state index >= 15 is 0 Å². The molecule has 1 fully saturated rings. The molecule has 0 saturated carbocycles. The van der Waals surface area contributed by atoms with Crippen molar-refractivity contribution in [3.63, 3.8) is 0 Å². The number of ether oxygens (including phenoxy) is 4. The third-order valence-electron chi connectivity index (χ3n) is 5.87. The highest BCUT2D eigenvalue weighted by molar-refractivity contribution is 6.00. The van der Waals surface area contributed by atoms with E-state index in [0.717, 1.165) is 11.1 Å². The first kappa shape index (κ1) is 28.0. The molecule has 0 aliphatic carbocycles. The highest BCUT2D eigenvalue weighted by Crippen LogP contribution is 2.35. The maximum absolute atomic E-state index is 13.2. The molecule has 2 amide bonds. The Morgan fingerprint density at radius 2 is 1.81 bits per heavy atom. The van der Waals surface area contributed by atoms with Crippen LogP contribution in [0.3, 0.4) is 0 Å². The van der Waals surface area contributed by atoms with Crippen LogP contribution >= 0.6 is 0 Å². The maximum atomic E-state index is 13.2. The van der Waals surface area contributed by atoms with E-state index in [-0.39, 0.29) is 30.0 Å². The first-order chi connectivity index (χ1) is 17.6. The average molecular weight is 513 g/mol. The van der Waals surface area contributed by atoms with Gasteiger partial charge in [0, 0.05) is 13.2 Å². The molecule has 2 aromatic carbocycles. The Bertz CT molecular complexity index is 1080. The minimum Gasteiger partial charge on any atom is -0.465 e. The molecule has 37 heavy (non-hydrogen) atoms. The molecular formula is C28H36N2O7. The van der Waals surface area contributed by atoms with Crippen LogP contribution in [0.4, 0.5) is 15.3 Å². The summed E-state index contributed by atoms with van der Waals surface area (Å²) in [5, 5.41) is 2.66. The van der Waals surface area contributed by atoms with Crippen LogP contribution in [0.5, 0.6) is 0 Å². The number of anilines is 1. The number of nitrogens with zero attached hydrogens (tertiary/aromatic N) is 1. The van der Waals surface area contributed by atoms with Crippen molar-refractivity contribution < 1.29 is 33.3 Å². The summed E-state index contributed by atoms with van der Waals surface area (Å²) in [6, 6.07) is 14.1. The van der Waals surface area contributed by atoms with Crippen molar-refractivity contribution in [2.75, 3.05) is 25.6 Å². The molecule has 0 aromatic heterocycles. The van der Waals surface area contributed by atoms with Crippen LogP contribution in [-0.2, 0) is 25.6 Å². The minimum absolute atomic E-state index is 0.0456. The lowest BCUT2D eigenvalue weighted by Gasteiger charge is -2.39. The number of rotatable bonds is 7. The number of amides is 2. The Labute approximate surface area is 218 Å². The number of piperidine rings is 1. The summed E-state index contributed by atoms with van der Waals surface area (Å²) in [4.78, 5) is 39.7. The van der Waals surface area contributed by atoms with Gasteiger partial charge in [0.25, 0.3) is 0 Å². The largest absolute Gasteiger partial charge is 0.465 e. The molecule has 0 bridgehead atoms. The molecule has 0 radical (unpaired) electrons. The number of hydrogen-bond acceptors (Lipinski definition) is 7. The van der Waals surface area contributed by atoms with Crippen molar-refractivity contribution in [2.24, 2.45) is 0 Å². The number of nitrogens with one attached hydrogen (secondary N) is 1. The fraction of sp³-hybridized carbons (Fsp3) is 0.464. The number of esters is 1. The molecule has 2 unspecified atom stereocenters. The second kappa shape index (κ2) is 12.6. The third-order valence-corrected chi connectivity index (χ3v) is 5.87. The fourth-order valence-electron chi connectivity index (χ4n) is 4.23.